The van der Waals surface area contributed by atoms with Crippen LogP contribution >= 0.6 is 11.3 Å². The molecule has 1 heterocycles. The van der Waals surface area contributed by atoms with Crippen LogP contribution in [0.3, 0.4) is 0 Å². The summed E-state index contributed by atoms with van der Waals surface area (Å²) >= 11 is 1.74. The predicted molar refractivity (Wildman–Crippen MR) is 109 cm³/mol. The molecule has 0 aliphatic carbocycles. The number of ether oxygens (including phenoxy) is 2. The zero-order valence-electron chi connectivity index (χ0n) is 15.5. The quantitative estimate of drug-likeness (QED) is 0.570. The highest BCUT2D eigenvalue weighted by Crippen LogP contribution is 2.18. The molecule has 0 spiro atoms. The van der Waals surface area contributed by atoms with Crippen LogP contribution in [0.15, 0.2) is 72.1 Å². The van der Waals surface area contributed by atoms with E-state index in [9.17, 15) is 5.11 Å². The maximum absolute atomic E-state index is 10.5. The first-order valence-electron chi connectivity index (χ1n) is 8.96. The molecule has 1 aromatic heterocycles. The van der Waals surface area contributed by atoms with Gasteiger partial charge in [0, 0.05) is 24.5 Å². The van der Waals surface area contributed by atoms with Crippen molar-refractivity contribution in [2.24, 2.45) is 0 Å². The van der Waals surface area contributed by atoms with Crippen LogP contribution in [-0.2, 0) is 13.1 Å². The van der Waals surface area contributed by atoms with Gasteiger partial charge >= 0.3 is 0 Å². The summed E-state index contributed by atoms with van der Waals surface area (Å²) in [6.07, 6.45) is -0.573. The first-order valence-corrected chi connectivity index (χ1v) is 9.84. The van der Waals surface area contributed by atoms with Crippen molar-refractivity contribution in [2.75, 3.05) is 20.3 Å². The molecule has 0 saturated heterocycles. The van der Waals surface area contributed by atoms with Crippen molar-refractivity contribution in [3.63, 3.8) is 0 Å². The molecule has 0 saturated carbocycles. The van der Waals surface area contributed by atoms with Crippen LogP contribution in [0.1, 0.15) is 10.4 Å². The monoisotopic (exact) mass is 383 g/mol. The molecule has 0 aliphatic rings. The molecule has 0 unspecified atom stereocenters. The molecular weight excluding hydrogens is 358 g/mol. The average molecular weight is 384 g/mol. The lowest BCUT2D eigenvalue weighted by Gasteiger charge is -2.25. The van der Waals surface area contributed by atoms with E-state index in [4.69, 9.17) is 9.47 Å². The minimum atomic E-state index is -0.573. The van der Waals surface area contributed by atoms with Gasteiger partial charge in [0.15, 0.2) is 0 Å². The van der Waals surface area contributed by atoms with E-state index in [0.29, 0.717) is 6.54 Å². The Kier molecular flexibility index (Phi) is 7.27. The fraction of sp³-hybridized carbons (Fsp3) is 0.273. The molecule has 142 valence electrons. The molecule has 2 aromatic carbocycles. The highest BCUT2D eigenvalue weighted by Gasteiger charge is 2.14. The number of nitrogens with zero attached hydrogens (tertiary/aromatic N) is 1. The molecule has 27 heavy (non-hydrogen) atoms. The first-order chi connectivity index (χ1) is 13.2. The second kappa shape index (κ2) is 10.1. The fourth-order valence-corrected chi connectivity index (χ4v) is 3.61. The number of rotatable bonds is 10. The predicted octanol–water partition coefficient (Wildman–Crippen LogP) is 4.20. The molecule has 1 N–H and O–H groups in total. The topological polar surface area (TPSA) is 41.9 Å². The number of thiophene rings is 1. The van der Waals surface area contributed by atoms with Crippen molar-refractivity contribution in [2.45, 2.75) is 19.2 Å². The Morgan fingerprint density at radius 2 is 1.67 bits per heavy atom. The van der Waals surface area contributed by atoms with Gasteiger partial charge in [0.1, 0.15) is 24.2 Å². The van der Waals surface area contributed by atoms with Gasteiger partial charge in [-0.2, -0.15) is 0 Å². The summed E-state index contributed by atoms with van der Waals surface area (Å²) in [5.41, 5.74) is 1.23. The van der Waals surface area contributed by atoms with Crippen LogP contribution in [0.5, 0.6) is 11.5 Å². The fourth-order valence-electron chi connectivity index (χ4n) is 2.86. The van der Waals surface area contributed by atoms with E-state index in [0.717, 1.165) is 24.6 Å². The zero-order chi connectivity index (χ0) is 18.9. The molecule has 1 atom stereocenters. The zero-order valence-corrected chi connectivity index (χ0v) is 16.3. The summed E-state index contributed by atoms with van der Waals surface area (Å²) in [7, 11) is 1.63. The van der Waals surface area contributed by atoms with E-state index >= 15 is 0 Å². The molecule has 0 radical (unpaired) electrons. The Labute approximate surface area is 164 Å². The van der Waals surface area contributed by atoms with Gasteiger partial charge in [-0.15, -0.1) is 11.3 Å². The number of aliphatic hydroxyl groups excluding tert-OH is 1. The van der Waals surface area contributed by atoms with Crippen molar-refractivity contribution in [3.8, 4) is 11.5 Å². The Morgan fingerprint density at radius 1 is 0.926 bits per heavy atom. The van der Waals surface area contributed by atoms with Gasteiger partial charge in [-0.3, -0.25) is 4.90 Å². The summed E-state index contributed by atoms with van der Waals surface area (Å²) < 4.78 is 10.9. The molecule has 0 bridgehead atoms. The van der Waals surface area contributed by atoms with Crippen molar-refractivity contribution in [1.82, 2.24) is 4.90 Å². The van der Waals surface area contributed by atoms with Crippen LogP contribution in [0.25, 0.3) is 0 Å². The van der Waals surface area contributed by atoms with Crippen molar-refractivity contribution >= 4 is 11.3 Å². The van der Waals surface area contributed by atoms with Crippen LogP contribution in [0, 0.1) is 0 Å². The van der Waals surface area contributed by atoms with Gasteiger partial charge in [0.25, 0.3) is 0 Å². The lowest BCUT2D eigenvalue weighted by molar-refractivity contribution is 0.0632. The molecule has 3 aromatic rings. The number of methoxy groups -OCH3 is 1. The van der Waals surface area contributed by atoms with Gasteiger partial charge in [-0.25, -0.2) is 0 Å². The lowest BCUT2D eigenvalue weighted by Crippen LogP contribution is -2.34. The van der Waals surface area contributed by atoms with E-state index in [-0.39, 0.29) is 6.61 Å². The van der Waals surface area contributed by atoms with Gasteiger partial charge in [0.05, 0.1) is 7.11 Å². The summed E-state index contributed by atoms with van der Waals surface area (Å²) in [5, 5.41) is 12.6. The second-order valence-corrected chi connectivity index (χ2v) is 7.41. The normalized spacial score (nSPS) is 12.1. The third-order valence-corrected chi connectivity index (χ3v) is 5.04. The maximum Gasteiger partial charge on any atom is 0.119 e. The maximum atomic E-state index is 10.5. The highest BCUT2D eigenvalue weighted by molar-refractivity contribution is 7.09. The SMILES string of the molecule is COc1ccc(OC[C@@H](O)CN(Cc2ccccc2)Cc2cccs2)cc1. The standard InChI is InChI=1S/C22H25NO3S/c1-25-20-9-11-21(12-10-20)26-17-19(24)15-23(16-22-8-5-13-27-22)14-18-6-3-2-4-7-18/h2-13,19,24H,14-17H2,1H3/t19-/m0/s1. The van der Waals surface area contributed by atoms with Gasteiger partial charge in [0.2, 0.25) is 0 Å². The lowest BCUT2D eigenvalue weighted by atomic mass is 10.2. The Hall–Kier alpha value is -2.34. The van der Waals surface area contributed by atoms with Crippen LogP contribution < -0.4 is 9.47 Å². The third kappa shape index (κ3) is 6.40. The van der Waals surface area contributed by atoms with Gasteiger partial charge in [-0.1, -0.05) is 36.4 Å². The summed E-state index contributed by atoms with van der Waals surface area (Å²) in [5.74, 6) is 1.51. The highest BCUT2D eigenvalue weighted by atomic mass is 32.1. The molecule has 5 heteroatoms. The smallest absolute Gasteiger partial charge is 0.119 e. The number of benzene rings is 2. The minimum Gasteiger partial charge on any atom is -0.497 e. The third-order valence-electron chi connectivity index (χ3n) is 4.18. The largest absolute Gasteiger partial charge is 0.497 e. The van der Waals surface area contributed by atoms with E-state index in [1.165, 1.54) is 10.4 Å². The van der Waals surface area contributed by atoms with Gasteiger partial charge < -0.3 is 14.6 Å². The molecule has 4 nitrogen and oxygen atoms in total. The molecular formula is C22H25NO3S. The Balaban J connectivity index is 1.56. The second-order valence-electron chi connectivity index (χ2n) is 6.37. The number of hydrogen-bond donors (Lipinski definition) is 1. The van der Waals surface area contributed by atoms with Crippen LogP contribution in [0.4, 0.5) is 0 Å². The van der Waals surface area contributed by atoms with E-state index in [2.05, 4.69) is 34.5 Å². The Bertz CT molecular complexity index is 775. The van der Waals surface area contributed by atoms with Crippen molar-refractivity contribution in [1.29, 1.82) is 0 Å². The van der Waals surface area contributed by atoms with Crippen molar-refractivity contribution < 1.29 is 14.6 Å². The summed E-state index contributed by atoms with van der Waals surface area (Å²) in [6.45, 7) is 2.40. The average Bonchev–Trinajstić information content (AvgIpc) is 3.20. The molecule has 3 rings (SSSR count). The first kappa shape index (κ1) is 19.4. The van der Waals surface area contributed by atoms with Crippen LogP contribution in [0.2, 0.25) is 0 Å². The summed E-state index contributed by atoms with van der Waals surface area (Å²) in [4.78, 5) is 3.54. The molecule has 0 fully saturated rings. The minimum absolute atomic E-state index is 0.252. The van der Waals surface area contributed by atoms with Crippen LogP contribution in [-0.4, -0.2) is 36.4 Å². The van der Waals surface area contributed by atoms with Gasteiger partial charge in [-0.05, 0) is 41.3 Å². The van der Waals surface area contributed by atoms with E-state index in [1.54, 1.807) is 18.4 Å². The van der Waals surface area contributed by atoms with E-state index < -0.39 is 6.10 Å². The molecule has 0 amide bonds. The molecule has 0 aliphatic heterocycles. The number of hydrogen-bond acceptors (Lipinski definition) is 5. The van der Waals surface area contributed by atoms with Crippen molar-refractivity contribution in [3.05, 3.63) is 82.6 Å². The van der Waals surface area contributed by atoms with E-state index in [1.807, 2.05) is 42.5 Å². The summed E-state index contributed by atoms with van der Waals surface area (Å²) in [6, 6.07) is 21.9. The Morgan fingerprint density at radius 3 is 2.33 bits per heavy atom. The number of aliphatic hydroxyl groups is 1.